The zero-order chi connectivity index (χ0) is 26.4. The van der Waals surface area contributed by atoms with Gasteiger partial charge in [0.2, 0.25) is 0 Å². The lowest BCUT2D eigenvalue weighted by Crippen LogP contribution is -2.47. The monoisotopic (exact) mass is 507 g/mol. The molecule has 1 aliphatic heterocycles. The number of fused-ring (bicyclic) bond motifs is 2. The summed E-state index contributed by atoms with van der Waals surface area (Å²) in [5.74, 6) is 1.88. The van der Waals surface area contributed by atoms with Crippen molar-refractivity contribution in [3.05, 3.63) is 76.7 Å². The van der Waals surface area contributed by atoms with Crippen molar-refractivity contribution in [2.24, 2.45) is 0 Å². The van der Waals surface area contributed by atoms with E-state index in [2.05, 4.69) is 59.6 Å². The molecule has 8 nitrogen and oxygen atoms in total. The summed E-state index contributed by atoms with van der Waals surface area (Å²) < 4.78 is 2.22. The van der Waals surface area contributed by atoms with E-state index in [1.165, 1.54) is 0 Å². The zero-order valence-electron chi connectivity index (χ0n) is 22.5. The van der Waals surface area contributed by atoms with E-state index in [1.54, 1.807) is 0 Å². The van der Waals surface area contributed by atoms with Gasteiger partial charge in [0.15, 0.2) is 5.65 Å². The molecule has 2 aromatic carbocycles. The van der Waals surface area contributed by atoms with Crippen LogP contribution in [0.4, 0.5) is 0 Å². The van der Waals surface area contributed by atoms with Crippen LogP contribution in [0.3, 0.4) is 0 Å². The van der Waals surface area contributed by atoms with Gasteiger partial charge in [-0.2, -0.15) is 0 Å². The maximum atomic E-state index is 13.1. The van der Waals surface area contributed by atoms with Crippen molar-refractivity contribution in [2.75, 3.05) is 33.2 Å². The predicted octanol–water partition coefficient (Wildman–Crippen LogP) is 4.59. The fourth-order valence-electron chi connectivity index (χ4n) is 5.35. The molecule has 1 saturated heterocycles. The molecule has 6 rings (SSSR count). The Balaban J connectivity index is 1.29. The van der Waals surface area contributed by atoms with Gasteiger partial charge in [-0.25, -0.2) is 15.0 Å². The largest absolute Gasteiger partial charge is 0.338 e. The number of carbonyl (C=O) groups is 1. The first-order valence-electron chi connectivity index (χ1n) is 13.3. The topological polar surface area (TPSA) is 82.9 Å². The van der Waals surface area contributed by atoms with Gasteiger partial charge in [-0.3, -0.25) is 4.79 Å². The minimum absolute atomic E-state index is 0.0803. The molecule has 0 unspecified atom stereocenters. The van der Waals surface area contributed by atoms with Gasteiger partial charge in [0.25, 0.3) is 5.91 Å². The minimum atomic E-state index is 0.0803. The SMILES string of the molecule is CCc1nc2c(C)cc(C)nc2n1Cc1ccc2nc(-c3cccc(C(=O)N4CCN(C)CC4)c3)[nH]c2c1. The number of carbonyl (C=O) groups excluding carboxylic acids is 1. The number of imidazole rings is 2. The molecule has 0 atom stereocenters. The maximum Gasteiger partial charge on any atom is 0.253 e. The first kappa shape index (κ1) is 24.3. The Hall–Kier alpha value is -4.04. The molecule has 8 heteroatoms. The lowest BCUT2D eigenvalue weighted by molar-refractivity contribution is 0.0664. The first-order chi connectivity index (χ1) is 18.4. The van der Waals surface area contributed by atoms with E-state index in [1.807, 2.05) is 36.1 Å². The molecule has 38 heavy (non-hydrogen) atoms. The smallest absolute Gasteiger partial charge is 0.253 e. The number of H-pyrrole nitrogens is 1. The molecule has 1 fully saturated rings. The third-order valence-corrected chi connectivity index (χ3v) is 7.48. The summed E-state index contributed by atoms with van der Waals surface area (Å²) in [7, 11) is 2.09. The third-order valence-electron chi connectivity index (χ3n) is 7.48. The Bertz CT molecular complexity index is 1660. The van der Waals surface area contributed by atoms with E-state index in [9.17, 15) is 4.79 Å². The van der Waals surface area contributed by atoms with Gasteiger partial charge < -0.3 is 19.4 Å². The van der Waals surface area contributed by atoms with Crippen molar-refractivity contribution >= 4 is 28.1 Å². The molecule has 1 aliphatic rings. The summed E-state index contributed by atoms with van der Waals surface area (Å²) >= 11 is 0. The van der Waals surface area contributed by atoms with Crippen LogP contribution in [0.15, 0.2) is 48.5 Å². The van der Waals surface area contributed by atoms with Crippen LogP contribution in [0.2, 0.25) is 0 Å². The van der Waals surface area contributed by atoms with E-state index in [-0.39, 0.29) is 5.91 Å². The van der Waals surface area contributed by atoms with Crippen molar-refractivity contribution in [1.29, 1.82) is 0 Å². The van der Waals surface area contributed by atoms with Gasteiger partial charge in [0, 0.05) is 49.4 Å². The number of nitrogens with zero attached hydrogens (tertiary/aromatic N) is 6. The van der Waals surface area contributed by atoms with Gasteiger partial charge in [-0.15, -0.1) is 0 Å². The fraction of sp³-hybridized carbons (Fsp3) is 0.333. The maximum absolute atomic E-state index is 13.1. The second kappa shape index (κ2) is 9.68. The molecule has 0 saturated carbocycles. The van der Waals surface area contributed by atoms with Crippen LogP contribution < -0.4 is 0 Å². The average Bonchev–Trinajstić information content (AvgIpc) is 3.50. The molecule has 0 bridgehead atoms. The second-order valence-corrected chi connectivity index (χ2v) is 10.3. The number of aromatic amines is 1. The van der Waals surface area contributed by atoms with E-state index in [4.69, 9.17) is 15.0 Å². The molecule has 4 heterocycles. The molecule has 5 aromatic rings. The van der Waals surface area contributed by atoms with Crippen LogP contribution in [0.1, 0.15) is 39.9 Å². The van der Waals surface area contributed by atoms with E-state index in [0.717, 1.165) is 88.8 Å². The Morgan fingerprint density at radius 2 is 1.79 bits per heavy atom. The van der Waals surface area contributed by atoms with E-state index < -0.39 is 0 Å². The number of aryl methyl sites for hydroxylation is 3. The predicted molar refractivity (Wildman–Crippen MR) is 150 cm³/mol. The molecule has 3 aromatic heterocycles. The van der Waals surface area contributed by atoms with Crippen molar-refractivity contribution in [1.82, 2.24) is 34.3 Å². The summed E-state index contributed by atoms with van der Waals surface area (Å²) in [6, 6.07) is 16.2. The van der Waals surface area contributed by atoms with Crippen molar-refractivity contribution in [3.8, 4) is 11.4 Å². The van der Waals surface area contributed by atoms with Crippen LogP contribution >= 0.6 is 0 Å². The van der Waals surface area contributed by atoms with Crippen LogP contribution in [-0.2, 0) is 13.0 Å². The van der Waals surface area contributed by atoms with E-state index >= 15 is 0 Å². The lowest BCUT2D eigenvalue weighted by atomic mass is 10.1. The summed E-state index contributed by atoms with van der Waals surface area (Å²) in [6.45, 7) is 10.3. The number of amides is 1. The number of nitrogens with one attached hydrogen (secondary N) is 1. The van der Waals surface area contributed by atoms with Gasteiger partial charge in [0.05, 0.1) is 17.6 Å². The second-order valence-electron chi connectivity index (χ2n) is 10.3. The molecular weight excluding hydrogens is 474 g/mol. The van der Waals surface area contributed by atoms with Crippen molar-refractivity contribution in [3.63, 3.8) is 0 Å². The standard InChI is InChI=1S/C30H33N7O/c1-5-26-34-27-19(2)15-20(3)31-29(27)37(26)18-21-9-10-24-25(16-21)33-28(32-24)22-7-6-8-23(17-22)30(38)36-13-11-35(4)12-14-36/h6-10,15-17H,5,11-14,18H2,1-4H3,(H,32,33). The molecule has 1 amide bonds. The Labute approximate surface area is 222 Å². The highest BCUT2D eigenvalue weighted by Crippen LogP contribution is 2.25. The molecule has 0 radical (unpaired) electrons. The Morgan fingerprint density at radius 3 is 2.58 bits per heavy atom. The highest BCUT2D eigenvalue weighted by molar-refractivity contribution is 5.95. The van der Waals surface area contributed by atoms with Crippen LogP contribution in [0.5, 0.6) is 0 Å². The lowest BCUT2D eigenvalue weighted by Gasteiger charge is -2.32. The number of aromatic nitrogens is 5. The summed E-state index contributed by atoms with van der Waals surface area (Å²) in [6.07, 6.45) is 0.842. The van der Waals surface area contributed by atoms with Crippen molar-refractivity contribution in [2.45, 2.75) is 33.7 Å². The van der Waals surface area contributed by atoms with Crippen molar-refractivity contribution < 1.29 is 4.79 Å². The minimum Gasteiger partial charge on any atom is -0.338 e. The number of hydrogen-bond donors (Lipinski definition) is 1. The highest BCUT2D eigenvalue weighted by Gasteiger charge is 2.21. The number of pyridine rings is 1. The van der Waals surface area contributed by atoms with Crippen LogP contribution in [-0.4, -0.2) is 73.4 Å². The molecule has 194 valence electrons. The molecule has 0 aliphatic carbocycles. The van der Waals surface area contributed by atoms with Crippen LogP contribution in [0, 0.1) is 13.8 Å². The molecule has 1 N–H and O–H groups in total. The number of likely N-dealkylation sites (N-methyl/N-ethyl adjacent to an activating group) is 1. The normalized spacial score (nSPS) is 14.6. The third kappa shape index (κ3) is 4.45. The quantitative estimate of drug-likeness (QED) is 0.376. The fourth-order valence-corrected chi connectivity index (χ4v) is 5.35. The highest BCUT2D eigenvalue weighted by atomic mass is 16.2. The Kier molecular flexibility index (Phi) is 6.19. The summed E-state index contributed by atoms with van der Waals surface area (Å²) in [5.41, 5.74) is 8.70. The first-order valence-corrected chi connectivity index (χ1v) is 13.3. The zero-order valence-corrected chi connectivity index (χ0v) is 22.5. The number of piperazine rings is 1. The number of hydrogen-bond acceptors (Lipinski definition) is 5. The Morgan fingerprint density at radius 1 is 0.974 bits per heavy atom. The number of benzene rings is 2. The van der Waals surface area contributed by atoms with E-state index in [0.29, 0.717) is 12.1 Å². The average molecular weight is 508 g/mol. The van der Waals surface area contributed by atoms with Crippen LogP contribution in [0.25, 0.3) is 33.6 Å². The van der Waals surface area contributed by atoms with Gasteiger partial charge in [-0.1, -0.05) is 25.1 Å². The van der Waals surface area contributed by atoms with Gasteiger partial charge >= 0.3 is 0 Å². The van der Waals surface area contributed by atoms with Gasteiger partial charge in [-0.05, 0) is 62.4 Å². The summed E-state index contributed by atoms with van der Waals surface area (Å²) in [5, 5.41) is 0. The number of rotatable bonds is 5. The molecule has 0 spiro atoms. The molecular formula is C30H33N7O. The van der Waals surface area contributed by atoms with Gasteiger partial charge in [0.1, 0.15) is 17.2 Å². The summed E-state index contributed by atoms with van der Waals surface area (Å²) in [4.78, 5) is 35.3.